The van der Waals surface area contributed by atoms with Crippen LogP contribution in [0, 0.1) is 16.0 Å². The lowest BCUT2D eigenvalue weighted by atomic mass is 10.0. The Morgan fingerprint density at radius 1 is 1.67 bits per heavy atom. The Hall–Kier alpha value is -0.290. The first kappa shape index (κ1) is 9.80. The van der Waals surface area contributed by atoms with Gasteiger partial charge in [-0.2, -0.15) is 0 Å². The van der Waals surface area contributed by atoms with E-state index in [4.69, 9.17) is 0 Å². The van der Waals surface area contributed by atoms with Gasteiger partial charge in [0.1, 0.15) is 6.10 Å². The molecule has 1 heterocycles. The van der Waals surface area contributed by atoms with Crippen LogP contribution in [0.1, 0.15) is 13.8 Å². The second kappa shape index (κ2) is 3.62. The molecule has 0 radical (unpaired) electrons. The zero-order valence-corrected chi connectivity index (χ0v) is 7.95. The van der Waals surface area contributed by atoms with Crippen LogP contribution in [0.25, 0.3) is 0 Å². The van der Waals surface area contributed by atoms with E-state index in [1.54, 1.807) is 0 Å². The normalized spacial score (nSPS) is 35.8. The van der Waals surface area contributed by atoms with Crippen LogP contribution < -0.4 is 0 Å². The van der Waals surface area contributed by atoms with E-state index >= 15 is 0 Å². The van der Waals surface area contributed by atoms with Crippen molar-refractivity contribution >= 4 is 11.8 Å². The molecule has 1 aliphatic heterocycles. The van der Waals surface area contributed by atoms with Crippen molar-refractivity contribution in [1.29, 1.82) is 0 Å². The number of rotatable bonds is 2. The maximum absolute atomic E-state index is 10.6. The summed E-state index contributed by atoms with van der Waals surface area (Å²) in [6, 6.07) is -0.769. The number of hydrogen-bond acceptors (Lipinski definition) is 4. The van der Waals surface area contributed by atoms with Gasteiger partial charge in [-0.05, 0) is 5.92 Å². The van der Waals surface area contributed by atoms with Gasteiger partial charge in [0.25, 0.3) is 6.04 Å². The summed E-state index contributed by atoms with van der Waals surface area (Å²) in [4.78, 5) is 10.2. The van der Waals surface area contributed by atoms with Gasteiger partial charge in [0.2, 0.25) is 0 Å². The van der Waals surface area contributed by atoms with E-state index in [2.05, 4.69) is 0 Å². The predicted octanol–water partition coefficient (Wildman–Crippen LogP) is 0.764. The minimum Gasteiger partial charge on any atom is -0.385 e. The molecule has 1 aliphatic rings. The highest BCUT2D eigenvalue weighted by Crippen LogP contribution is 2.33. The minimum atomic E-state index is -0.769. The van der Waals surface area contributed by atoms with Crippen LogP contribution in [0.5, 0.6) is 0 Å². The first-order valence-corrected chi connectivity index (χ1v) is 5.02. The molecule has 0 saturated carbocycles. The first-order valence-electron chi connectivity index (χ1n) is 3.97. The van der Waals surface area contributed by atoms with E-state index in [0.29, 0.717) is 5.75 Å². The van der Waals surface area contributed by atoms with Gasteiger partial charge in [-0.15, -0.1) is 11.8 Å². The van der Waals surface area contributed by atoms with Crippen molar-refractivity contribution in [3.8, 4) is 0 Å². The summed E-state index contributed by atoms with van der Waals surface area (Å²) in [5.74, 6) is 0.747. The van der Waals surface area contributed by atoms with Crippen LogP contribution in [0.2, 0.25) is 0 Å². The van der Waals surface area contributed by atoms with Gasteiger partial charge in [-0.25, -0.2) is 0 Å². The largest absolute Gasteiger partial charge is 0.385 e. The van der Waals surface area contributed by atoms with Gasteiger partial charge in [-0.1, -0.05) is 13.8 Å². The molecule has 1 rings (SSSR count). The van der Waals surface area contributed by atoms with Crippen molar-refractivity contribution in [2.75, 3.05) is 5.75 Å². The van der Waals surface area contributed by atoms with Gasteiger partial charge in [0.05, 0.1) is 5.25 Å². The molecule has 5 heteroatoms. The number of nitrogens with zero attached hydrogens (tertiary/aromatic N) is 1. The fourth-order valence-electron chi connectivity index (χ4n) is 1.47. The van der Waals surface area contributed by atoms with E-state index in [1.165, 1.54) is 11.8 Å². The monoisotopic (exact) mass is 191 g/mol. The van der Waals surface area contributed by atoms with Crippen molar-refractivity contribution in [2.45, 2.75) is 31.2 Å². The van der Waals surface area contributed by atoms with Crippen LogP contribution in [0.4, 0.5) is 0 Å². The molecule has 0 amide bonds. The van der Waals surface area contributed by atoms with Gasteiger partial charge < -0.3 is 5.11 Å². The molecule has 0 aliphatic carbocycles. The summed E-state index contributed by atoms with van der Waals surface area (Å²) in [6.45, 7) is 3.90. The Bertz CT molecular complexity index is 185. The SMILES string of the molecule is CC(C)[C@H]1SCC(O)[C@@H]1[N+](=O)[O-]. The van der Waals surface area contributed by atoms with Gasteiger partial charge in [0, 0.05) is 10.7 Å². The maximum Gasteiger partial charge on any atom is 0.251 e. The Morgan fingerprint density at radius 3 is 2.58 bits per heavy atom. The Kier molecular flexibility index (Phi) is 2.95. The van der Waals surface area contributed by atoms with Gasteiger partial charge in [0.15, 0.2) is 0 Å². The highest BCUT2D eigenvalue weighted by Gasteiger charge is 2.45. The molecule has 0 aromatic heterocycles. The zero-order chi connectivity index (χ0) is 9.30. The number of nitro groups is 1. The lowest BCUT2D eigenvalue weighted by molar-refractivity contribution is -0.531. The Labute approximate surface area is 75.5 Å². The average Bonchev–Trinajstić information content (AvgIpc) is 2.30. The van der Waals surface area contributed by atoms with E-state index in [9.17, 15) is 15.2 Å². The highest BCUT2D eigenvalue weighted by atomic mass is 32.2. The standard InChI is InChI=1S/C7H13NO3S/c1-4(2)7-6(8(10)11)5(9)3-12-7/h4-7,9H,3H2,1-2H3/t5?,6-,7+/m0/s1. The summed E-state index contributed by atoms with van der Waals surface area (Å²) in [7, 11) is 0. The summed E-state index contributed by atoms with van der Waals surface area (Å²) < 4.78 is 0. The first-order chi connectivity index (χ1) is 5.54. The predicted molar refractivity (Wildman–Crippen MR) is 47.9 cm³/mol. The summed E-state index contributed by atoms with van der Waals surface area (Å²) >= 11 is 1.50. The van der Waals surface area contributed by atoms with E-state index in [-0.39, 0.29) is 16.1 Å². The Balaban J connectivity index is 2.70. The summed E-state index contributed by atoms with van der Waals surface area (Å²) in [5, 5.41) is 19.8. The van der Waals surface area contributed by atoms with Crippen LogP contribution in [-0.2, 0) is 0 Å². The third-order valence-corrected chi connectivity index (χ3v) is 3.83. The van der Waals surface area contributed by atoms with Crippen molar-refractivity contribution in [1.82, 2.24) is 0 Å². The number of hydrogen-bond donors (Lipinski definition) is 1. The molecule has 1 unspecified atom stereocenters. The van der Waals surface area contributed by atoms with E-state index in [1.807, 2.05) is 13.8 Å². The van der Waals surface area contributed by atoms with Crippen molar-refractivity contribution in [2.24, 2.45) is 5.92 Å². The molecular weight excluding hydrogens is 178 g/mol. The quantitative estimate of drug-likeness (QED) is 0.517. The molecule has 0 bridgehead atoms. The zero-order valence-electron chi connectivity index (χ0n) is 7.14. The highest BCUT2D eigenvalue weighted by molar-refractivity contribution is 8.00. The van der Waals surface area contributed by atoms with Crippen LogP contribution in [-0.4, -0.2) is 33.2 Å². The fraction of sp³-hybridized carbons (Fsp3) is 1.00. The number of aliphatic hydroxyl groups excluding tert-OH is 1. The molecule has 1 saturated heterocycles. The second-order valence-corrected chi connectivity index (χ2v) is 4.60. The smallest absolute Gasteiger partial charge is 0.251 e. The number of aliphatic hydroxyl groups is 1. The molecule has 1 fully saturated rings. The second-order valence-electron chi connectivity index (χ2n) is 3.39. The van der Waals surface area contributed by atoms with Crippen LogP contribution >= 0.6 is 11.8 Å². The molecule has 4 nitrogen and oxygen atoms in total. The number of thioether (sulfide) groups is 1. The average molecular weight is 191 g/mol. The van der Waals surface area contributed by atoms with Crippen LogP contribution in [0.3, 0.4) is 0 Å². The molecule has 0 aromatic carbocycles. The molecule has 12 heavy (non-hydrogen) atoms. The molecule has 3 atom stereocenters. The molecule has 0 aromatic rings. The van der Waals surface area contributed by atoms with Crippen molar-refractivity contribution < 1.29 is 10.0 Å². The maximum atomic E-state index is 10.6. The van der Waals surface area contributed by atoms with E-state index in [0.717, 1.165) is 0 Å². The van der Waals surface area contributed by atoms with Crippen molar-refractivity contribution in [3.63, 3.8) is 0 Å². The topological polar surface area (TPSA) is 63.4 Å². The van der Waals surface area contributed by atoms with Gasteiger partial charge >= 0.3 is 0 Å². The minimum absolute atomic E-state index is 0.0324. The molecular formula is C7H13NO3S. The molecule has 70 valence electrons. The Morgan fingerprint density at radius 2 is 2.25 bits per heavy atom. The van der Waals surface area contributed by atoms with Crippen molar-refractivity contribution in [3.05, 3.63) is 10.1 Å². The molecule has 1 N–H and O–H groups in total. The third kappa shape index (κ3) is 1.72. The fourth-order valence-corrected chi connectivity index (χ4v) is 2.95. The lowest BCUT2D eigenvalue weighted by Crippen LogP contribution is -2.39. The summed E-state index contributed by atoms with van der Waals surface area (Å²) in [5.41, 5.74) is 0. The molecule has 0 spiro atoms. The van der Waals surface area contributed by atoms with E-state index < -0.39 is 12.1 Å². The third-order valence-electron chi connectivity index (χ3n) is 2.09. The van der Waals surface area contributed by atoms with Crippen LogP contribution in [0.15, 0.2) is 0 Å². The summed E-state index contributed by atoms with van der Waals surface area (Å²) in [6.07, 6.45) is -0.766. The van der Waals surface area contributed by atoms with Gasteiger partial charge in [-0.3, -0.25) is 10.1 Å². The lowest BCUT2D eigenvalue weighted by Gasteiger charge is -2.16.